The molecule has 0 saturated carbocycles. The normalized spacial score (nSPS) is 13.3. The summed E-state index contributed by atoms with van der Waals surface area (Å²) in [7, 11) is 1.20. The Kier molecular flexibility index (Phi) is 6.35. The minimum atomic E-state index is -4.08. The monoisotopic (exact) mass is 371 g/mol. The summed E-state index contributed by atoms with van der Waals surface area (Å²) >= 11 is 11.7. The number of halogens is 3. The molecule has 0 aliphatic rings. The van der Waals surface area contributed by atoms with Crippen LogP contribution in [0, 0.1) is 5.92 Å². The number of amides is 1. The fourth-order valence-electron chi connectivity index (χ4n) is 1.95. The summed E-state index contributed by atoms with van der Waals surface area (Å²) in [5, 5.41) is 2.54. The van der Waals surface area contributed by atoms with Gasteiger partial charge < -0.3 is 5.32 Å². The molecule has 0 aliphatic heterocycles. The van der Waals surface area contributed by atoms with Gasteiger partial charge >= 0.3 is 0 Å². The lowest BCUT2D eigenvalue weighted by atomic mass is 10.0. The van der Waals surface area contributed by atoms with E-state index in [1.54, 1.807) is 0 Å². The van der Waals surface area contributed by atoms with Crippen molar-refractivity contribution in [2.75, 3.05) is 0 Å². The lowest BCUT2D eigenvalue weighted by Crippen LogP contribution is -2.33. The molecule has 0 saturated heterocycles. The van der Waals surface area contributed by atoms with Crippen LogP contribution in [0.4, 0.5) is 0 Å². The van der Waals surface area contributed by atoms with E-state index in [9.17, 15) is 13.2 Å². The quantitative estimate of drug-likeness (QED) is 0.792. The van der Waals surface area contributed by atoms with Gasteiger partial charge in [0.15, 0.2) is 0 Å². The molecule has 1 unspecified atom stereocenters. The highest BCUT2D eigenvalue weighted by atomic mass is 35.7. The second kappa shape index (κ2) is 7.18. The summed E-state index contributed by atoms with van der Waals surface area (Å²) in [5.41, 5.74) is 0.0965. The highest BCUT2D eigenvalue weighted by molar-refractivity contribution is 8.13. The molecule has 1 N–H and O–H groups in total. The number of carbonyl (C=O) groups excluding carboxylic acids is 1. The first kappa shape index (κ1) is 18.6. The van der Waals surface area contributed by atoms with E-state index < -0.39 is 15.0 Å². The lowest BCUT2D eigenvalue weighted by molar-refractivity contribution is 0.0936. The Labute approximate surface area is 139 Å². The standard InChI is InChI=1S/C13H16Cl3NO3S/c1-7(2)4-8(3)17-13(18)9-5-10(14)12(15)11(6-9)21(16,19)20/h5-8H,4H2,1-3H3,(H,17,18). The second-order valence-corrected chi connectivity index (χ2v) is 8.53. The highest BCUT2D eigenvalue weighted by Crippen LogP contribution is 2.32. The van der Waals surface area contributed by atoms with Crippen molar-refractivity contribution < 1.29 is 13.2 Å². The Balaban J connectivity index is 3.09. The minimum Gasteiger partial charge on any atom is -0.350 e. The van der Waals surface area contributed by atoms with Crippen molar-refractivity contribution in [3.63, 3.8) is 0 Å². The number of benzene rings is 1. The van der Waals surface area contributed by atoms with E-state index >= 15 is 0 Å². The van der Waals surface area contributed by atoms with E-state index in [1.807, 2.05) is 20.8 Å². The highest BCUT2D eigenvalue weighted by Gasteiger charge is 2.21. The van der Waals surface area contributed by atoms with Crippen molar-refractivity contribution in [3.05, 3.63) is 27.7 Å². The Morgan fingerprint density at radius 2 is 1.81 bits per heavy atom. The molecule has 1 aromatic rings. The molecule has 0 heterocycles. The second-order valence-electron chi connectivity index (χ2n) is 5.21. The molecule has 118 valence electrons. The molecule has 1 aromatic carbocycles. The molecule has 1 atom stereocenters. The fourth-order valence-corrected chi connectivity index (χ4v) is 3.71. The molecule has 0 aliphatic carbocycles. The summed E-state index contributed by atoms with van der Waals surface area (Å²) in [5.74, 6) is -0.00355. The van der Waals surface area contributed by atoms with Crippen LogP contribution in [0.25, 0.3) is 0 Å². The largest absolute Gasteiger partial charge is 0.350 e. The predicted octanol–water partition coefficient (Wildman–Crippen LogP) is 4.09. The van der Waals surface area contributed by atoms with Crippen molar-refractivity contribution in [2.24, 2.45) is 5.92 Å². The van der Waals surface area contributed by atoms with E-state index in [-0.39, 0.29) is 26.5 Å². The Bertz CT molecular complexity index is 644. The molecule has 0 aromatic heterocycles. The molecule has 1 amide bonds. The minimum absolute atomic E-state index is 0.0416. The van der Waals surface area contributed by atoms with E-state index in [0.717, 1.165) is 12.5 Å². The topological polar surface area (TPSA) is 63.2 Å². The van der Waals surface area contributed by atoms with Gasteiger partial charge in [-0.3, -0.25) is 4.79 Å². The number of hydrogen-bond acceptors (Lipinski definition) is 3. The van der Waals surface area contributed by atoms with Crippen LogP contribution in [0.15, 0.2) is 17.0 Å². The van der Waals surface area contributed by atoms with Gasteiger partial charge in [0.25, 0.3) is 15.0 Å². The summed E-state index contributed by atoms with van der Waals surface area (Å²) < 4.78 is 22.9. The molecule has 4 nitrogen and oxygen atoms in total. The van der Waals surface area contributed by atoms with Crippen molar-refractivity contribution in [1.29, 1.82) is 0 Å². The van der Waals surface area contributed by atoms with E-state index in [2.05, 4.69) is 5.32 Å². The van der Waals surface area contributed by atoms with Gasteiger partial charge in [0.2, 0.25) is 0 Å². The van der Waals surface area contributed by atoms with Gasteiger partial charge in [-0.05, 0) is 31.4 Å². The Morgan fingerprint density at radius 1 is 1.24 bits per heavy atom. The molecular weight excluding hydrogens is 357 g/mol. The average Bonchev–Trinajstić information content (AvgIpc) is 2.29. The average molecular weight is 373 g/mol. The van der Waals surface area contributed by atoms with Crippen molar-refractivity contribution in [2.45, 2.75) is 38.1 Å². The summed E-state index contributed by atoms with van der Waals surface area (Å²) in [6.07, 6.45) is 0.799. The van der Waals surface area contributed by atoms with E-state index in [0.29, 0.717) is 5.92 Å². The molecule has 21 heavy (non-hydrogen) atoms. The number of nitrogens with one attached hydrogen (secondary N) is 1. The van der Waals surface area contributed by atoms with Crippen LogP contribution in [0.2, 0.25) is 10.0 Å². The van der Waals surface area contributed by atoms with Gasteiger partial charge in [0.1, 0.15) is 4.90 Å². The zero-order chi connectivity index (χ0) is 16.4. The number of rotatable bonds is 5. The first-order chi connectivity index (χ1) is 9.52. The van der Waals surface area contributed by atoms with Gasteiger partial charge in [-0.2, -0.15) is 0 Å². The number of hydrogen-bond donors (Lipinski definition) is 1. The van der Waals surface area contributed by atoms with Crippen LogP contribution in [0.3, 0.4) is 0 Å². The third-order valence-corrected chi connectivity index (χ3v) is 4.98. The van der Waals surface area contributed by atoms with Crippen LogP contribution in [0.1, 0.15) is 37.6 Å². The van der Waals surface area contributed by atoms with Gasteiger partial charge in [-0.1, -0.05) is 37.0 Å². The lowest BCUT2D eigenvalue weighted by Gasteiger charge is -2.16. The van der Waals surface area contributed by atoms with Crippen molar-refractivity contribution in [3.8, 4) is 0 Å². The summed E-state index contributed by atoms with van der Waals surface area (Å²) in [4.78, 5) is 11.8. The van der Waals surface area contributed by atoms with Crippen LogP contribution in [-0.4, -0.2) is 20.4 Å². The molecule has 0 fully saturated rings. The molecular formula is C13H16Cl3NO3S. The first-order valence-corrected chi connectivity index (χ1v) is 9.33. The maximum atomic E-state index is 12.1. The van der Waals surface area contributed by atoms with Gasteiger partial charge in [0, 0.05) is 22.3 Å². The SMILES string of the molecule is CC(C)CC(C)NC(=O)c1cc(Cl)c(Cl)c(S(=O)(=O)Cl)c1. The Hall–Kier alpha value is -0.490. The zero-order valence-electron chi connectivity index (χ0n) is 11.8. The van der Waals surface area contributed by atoms with Crippen LogP contribution < -0.4 is 5.32 Å². The van der Waals surface area contributed by atoms with E-state index in [4.69, 9.17) is 33.9 Å². The van der Waals surface area contributed by atoms with Crippen LogP contribution >= 0.6 is 33.9 Å². The maximum Gasteiger partial charge on any atom is 0.262 e. The summed E-state index contributed by atoms with van der Waals surface area (Å²) in [6, 6.07) is 2.38. The molecule has 8 heteroatoms. The van der Waals surface area contributed by atoms with E-state index in [1.165, 1.54) is 6.07 Å². The Morgan fingerprint density at radius 3 is 2.29 bits per heavy atom. The molecule has 0 radical (unpaired) electrons. The smallest absolute Gasteiger partial charge is 0.262 e. The van der Waals surface area contributed by atoms with Crippen LogP contribution in [0.5, 0.6) is 0 Å². The number of carbonyl (C=O) groups is 1. The fraction of sp³-hybridized carbons (Fsp3) is 0.462. The van der Waals surface area contributed by atoms with Gasteiger partial charge in [0.05, 0.1) is 10.0 Å². The molecule has 1 rings (SSSR count). The molecule has 0 bridgehead atoms. The first-order valence-electron chi connectivity index (χ1n) is 6.27. The van der Waals surface area contributed by atoms with Gasteiger partial charge in [-0.15, -0.1) is 0 Å². The molecule has 0 spiro atoms. The van der Waals surface area contributed by atoms with Gasteiger partial charge in [-0.25, -0.2) is 8.42 Å². The third-order valence-electron chi connectivity index (χ3n) is 2.72. The zero-order valence-corrected chi connectivity index (χ0v) is 14.9. The predicted molar refractivity (Wildman–Crippen MR) is 85.9 cm³/mol. The summed E-state index contributed by atoms with van der Waals surface area (Å²) in [6.45, 7) is 5.95. The third kappa shape index (κ3) is 5.33. The van der Waals surface area contributed by atoms with Crippen molar-refractivity contribution >= 4 is 48.8 Å². The van der Waals surface area contributed by atoms with Crippen LogP contribution in [-0.2, 0) is 9.05 Å². The maximum absolute atomic E-state index is 12.1. The van der Waals surface area contributed by atoms with Crippen molar-refractivity contribution in [1.82, 2.24) is 5.32 Å².